The number of nitrogen functional groups attached to an aromatic ring is 1. The Kier molecular flexibility index (Phi) is 6.77. The first-order valence-corrected chi connectivity index (χ1v) is 10.5. The van der Waals surface area contributed by atoms with E-state index in [9.17, 15) is 9.59 Å². The number of nitrogens with two attached hydrogens (primary N) is 1. The lowest BCUT2D eigenvalue weighted by molar-refractivity contribution is -0.153. The summed E-state index contributed by atoms with van der Waals surface area (Å²) in [7, 11) is 0. The zero-order chi connectivity index (χ0) is 24.2. The highest BCUT2D eigenvalue weighted by Crippen LogP contribution is 2.39. The molecule has 4 rings (SSSR count). The summed E-state index contributed by atoms with van der Waals surface area (Å²) >= 11 is 6.13. The predicted molar refractivity (Wildman–Crippen MR) is 118 cm³/mol. The zero-order valence-corrected chi connectivity index (χ0v) is 18.6. The summed E-state index contributed by atoms with van der Waals surface area (Å²) in [6.07, 6.45) is -1.25. The van der Waals surface area contributed by atoms with Gasteiger partial charge in [0.1, 0.15) is 18.2 Å². The number of imidazole rings is 1. The van der Waals surface area contributed by atoms with Gasteiger partial charge in [0.05, 0.1) is 11.9 Å². The van der Waals surface area contributed by atoms with E-state index < -0.39 is 36.3 Å². The normalized spacial score (nSPS) is 21.7. The molecule has 1 fully saturated rings. The number of benzene rings is 1. The lowest BCUT2D eigenvalue weighted by atomic mass is 9.98. The first kappa shape index (κ1) is 23.2. The largest absolute Gasteiger partial charge is 0.459 e. The van der Waals surface area contributed by atoms with E-state index in [4.69, 9.17) is 37.1 Å². The van der Waals surface area contributed by atoms with Crippen molar-refractivity contribution in [2.75, 3.05) is 18.9 Å². The molecular weight excluding hydrogens is 468 g/mol. The molecule has 176 valence electrons. The third kappa shape index (κ3) is 4.71. The number of hydrogen-bond acceptors (Lipinski definition) is 10. The smallest absolute Gasteiger partial charge is 0.338 e. The summed E-state index contributed by atoms with van der Waals surface area (Å²) in [5.74, 6) is -1.86. The Labute approximate surface area is 197 Å². The third-order valence-electron chi connectivity index (χ3n) is 5.21. The van der Waals surface area contributed by atoms with Crippen LogP contribution in [-0.2, 0) is 19.0 Å². The van der Waals surface area contributed by atoms with E-state index in [1.807, 2.05) is 0 Å². The molecule has 3 heterocycles. The number of aromatic nitrogens is 4. The van der Waals surface area contributed by atoms with Crippen LogP contribution in [0, 0.1) is 5.92 Å². The van der Waals surface area contributed by atoms with Crippen LogP contribution in [0.15, 0.2) is 41.8 Å². The number of esters is 2. The lowest BCUT2D eigenvalue weighted by Gasteiger charge is -2.23. The van der Waals surface area contributed by atoms with E-state index in [0.29, 0.717) is 5.56 Å². The summed E-state index contributed by atoms with van der Waals surface area (Å²) in [4.78, 5) is 39.4. The van der Waals surface area contributed by atoms with Crippen LogP contribution < -0.4 is 5.73 Å². The maximum atomic E-state index is 12.4. The quantitative estimate of drug-likeness (QED) is 0.172. The highest BCUT2D eigenvalue weighted by atomic mass is 35.5. The number of rotatable bonds is 7. The number of hydrogen-bond donors (Lipinski definition) is 1. The lowest BCUT2D eigenvalue weighted by Crippen LogP contribution is -2.34. The number of carbonyl (C=O) groups is 2. The average molecular weight is 487 g/mol. The van der Waals surface area contributed by atoms with Gasteiger partial charge in [-0.15, -0.1) is 0 Å². The maximum Gasteiger partial charge on any atom is 0.338 e. The summed E-state index contributed by atoms with van der Waals surface area (Å²) in [5, 5.41) is 3.67. The van der Waals surface area contributed by atoms with Crippen LogP contribution in [0.4, 0.5) is 5.95 Å². The van der Waals surface area contributed by atoms with Crippen molar-refractivity contribution in [1.29, 1.82) is 0 Å². The topological polar surface area (TPSA) is 180 Å². The van der Waals surface area contributed by atoms with E-state index in [2.05, 4.69) is 25.0 Å². The molecule has 34 heavy (non-hydrogen) atoms. The van der Waals surface area contributed by atoms with Gasteiger partial charge in [0.25, 0.3) is 0 Å². The Morgan fingerprint density at radius 1 is 1.32 bits per heavy atom. The van der Waals surface area contributed by atoms with Crippen LogP contribution >= 0.6 is 11.6 Å². The summed E-state index contributed by atoms with van der Waals surface area (Å²) in [5.41, 5.74) is 15.5. The van der Waals surface area contributed by atoms with E-state index in [0.717, 1.165) is 0 Å². The molecule has 14 heteroatoms. The predicted octanol–water partition coefficient (Wildman–Crippen LogP) is 2.67. The first-order valence-electron chi connectivity index (χ1n) is 10.1. The number of azide groups is 1. The van der Waals surface area contributed by atoms with Gasteiger partial charge in [-0.05, 0) is 17.7 Å². The first-order chi connectivity index (χ1) is 16.4. The molecule has 13 nitrogen and oxygen atoms in total. The number of anilines is 1. The highest BCUT2D eigenvalue weighted by molar-refractivity contribution is 6.33. The van der Waals surface area contributed by atoms with Crippen LogP contribution in [0.25, 0.3) is 21.6 Å². The van der Waals surface area contributed by atoms with Crippen molar-refractivity contribution in [2.24, 2.45) is 11.0 Å². The van der Waals surface area contributed by atoms with Crippen LogP contribution in [-0.4, -0.2) is 56.8 Å². The standard InChI is InChI=1S/C20H19ClN8O5/c1-10(30)33-15-12(7-25-28-23)13(8-32-19(31)11-5-3-2-4-6-11)34-18(15)29-9-24-14-16(21)26-20(22)27-17(14)29/h2-6,9,12-13,15,18H,7-8H2,1H3,(H2,22,26,27)/t12-,13-,15-,18-/m1/s1. The molecule has 1 saturated heterocycles. The highest BCUT2D eigenvalue weighted by Gasteiger charge is 2.48. The molecule has 0 aliphatic carbocycles. The van der Waals surface area contributed by atoms with Crippen LogP contribution in [0.3, 0.4) is 0 Å². The number of carbonyl (C=O) groups excluding carboxylic acids is 2. The number of halogens is 1. The fraction of sp³-hybridized carbons (Fsp3) is 0.350. The molecule has 0 radical (unpaired) electrons. The van der Waals surface area contributed by atoms with E-state index in [1.165, 1.54) is 17.8 Å². The molecule has 1 aliphatic heterocycles. The maximum absolute atomic E-state index is 12.4. The minimum atomic E-state index is -0.946. The van der Waals surface area contributed by atoms with Crippen molar-refractivity contribution in [2.45, 2.75) is 25.4 Å². The van der Waals surface area contributed by atoms with Crippen molar-refractivity contribution in [3.05, 3.63) is 57.8 Å². The minimum absolute atomic E-state index is 0.0438. The fourth-order valence-corrected chi connectivity index (χ4v) is 3.98. The minimum Gasteiger partial charge on any atom is -0.459 e. The summed E-state index contributed by atoms with van der Waals surface area (Å²) in [6.45, 7) is 0.981. The van der Waals surface area contributed by atoms with Gasteiger partial charge in [-0.1, -0.05) is 34.9 Å². The second-order valence-electron chi connectivity index (χ2n) is 7.38. The van der Waals surface area contributed by atoms with Crippen molar-refractivity contribution in [1.82, 2.24) is 19.5 Å². The van der Waals surface area contributed by atoms with Crippen molar-refractivity contribution >= 4 is 40.7 Å². The van der Waals surface area contributed by atoms with Gasteiger partial charge < -0.3 is 19.9 Å². The second kappa shape index (κ2) is 9.91. The summed E-state index contributed by atoms with van der Waals surface area (Å²) < 4.78 is 18.6. The molecule has 2 N–H and O–H groups in total. The van der Waals surface area contributed by atoms with Gasteiger partial charge in [-0.3, -0.25) is 9.36 Å². The molecule has 0 bridgehead atoms. The number of ether oxygens (including phenoxy) is 3. The average Bonchev–Trinajstić information content (AvgIpc) is 3.37. The molecule has 0 amide bonds. The SMILES string of the molecule is CC(=O)O[C@@H]1[C@H](CN=[N+]=[N-])[C@@H](COC(=O)c2ccccc2)O[C@H]1n1cnc2c(Cl)nc(N)nc21. The Balaban J connectivity index is 1.66. The van der Waals surface area contributed by atoms with Gasteiger partial charge in [0, 0.05) is 24.3 Å². The van der Waals surface area contributed by atoms with Crippen LogP contribution in [0.1, 0.15) is 23.5 Å². The summed E-state index contributed by atoms with van der Waals surface area (Å²) in [6, 6.07) is 8.43. The molecule has 1 aliphatic rings. The second-order valence-corrected chi connectivity index (χ2v) is 7.74. The third-order valence-corrected chi connectivity index (χ3v) is 5.47. The van der Waals surface area contributed by atoms with E-state index in [1.54, 1.807) is 30.3 Å². The fourth-order valence-electron chi connectivity index (χ4n) is 3.76. The Hall–Kier alpha value is -3.93. The van der Waals surface area contributed by atoms with Crippen molar-refractivity contribution in [3.8, 4) is 0 Å². The van der Waals surface area contributed by atoms with Gasteiger partial charge in [0.15, 0.2) is 23.1 Å². The van der Waals surface area contributed by atoms with E-state index >= 15 is 0 Å². The van der Waals surface area contributed by atoms with Crippen molar-refractivity contribution < 1.29 is 23.8 Å². The van der Waals surface area contributed by atoms with Gasteiger partial charge in [0.2, 0.25) is 5.95 Å². The molecule has 4 atom stereocenters. The van der Waals surface area contributed by atoms with Gasteiger partial charge in [-0.2, -0.15) is 9.97 Å². The molecule has 3 aromatic rings. The van der Waals surface area contributed by atoms with Gasteiger partial charge >= 0.3 is 11.9 Å². The molecule has 2 aromatic heterocycles. The monoisotopic (exact) mass is 486 g/mol. The number of fused-ring (bicyclic) bond motifs is 1. The Morgan fingerprint density at radius 2 is 2.09 bits per heavy atom. The molecule has 0 saturated carbocycles. The van der Waals surface area contributed by atoms with Crippen LogP contribution in [0.5, 0.6) is 0 Å². The Bertz CT molecular complexity index is 1260. The molecule has 0 unspecified atom stereocenters. The zero-order valence-electron chi connectivity index (χ0n) is 17.8. The van der Waals surface area contributed by atoms with Crippen molar-refractivity contribution in [3.63, 3.8) is 0 Å². The van der Waals surface area contributed by atoms with Crippen LogP contribution in [0.2, 0.25) is 5.15 Å². The number of nitrogens with zero attached hydrogens (tertiary/aromatic N) is 7. The molecule has 0 spiro atoms. The van der Waals surface area contributed by atoms with E-state index in [-0.39, 0.29) is 35.4 Å². The molecular formula is C20H19ClN8O5. The molecule has 1 aromatic carbocycles. The van der Waals surface area contributed by atoms with Gasteiger partial charge in [-0.25, -0.2) is 9.78 Å². The Morgan fingerprint density at radius 3 is 2.79 bits per heavy atom.